The first-order valence-corrected chi connectivity index (χ1v) is 5.15. The van der Waals surface area contributed by atoms with Crippen molar-refractivity contribution in [1.82, 2.24) is 4.90 Å². The maximum atomic E-state index is 7.15. The molecule has 0 amide bonds. The van der Waals surface area contributed by atoms with Gasteiger partial charge in [-0.15, -0.1) is 0 Å². The highest BCUT2D eigenvalue weighted by atomic mass is 15.1. The van der Waals surface area contributed by atoms with Gasteiger partial charge in [0.05, 0.1) is 5.84 Å². The number of nitrogens with two attached hydrogens (primary N) is 1. The van der Waals surface area contributed by atoms with Gasteiger partial charge in [0.25, 0.3) is 0 Å². The summed E-state index contributed by atoms with van der Waals surface area (Å²) in [5.74, 6) is 0.255. The number of hydrogen-bond donors (Lipinski definition) is 2. The first kappa shape index (κ1) is 11.7. The average molecular weight is 205 g/mol. The molecular formula is C12H19N3. The number of nitrogens with one attached hydrogen (secondary N) is 1. The summed E-state index contributed by atoms with van der Waals surface area (Å²) in [5, 5.41) is 7.15. The van der Waals surface area contributed by atoms with Crippen LogP contribution in [0.2, 0.25) is 0 Å². The minimum atomic E-state index is 0.255. The highest BCUT2D eigenvalue weighted by Crippen LogP contribution is 2.05. The largest absolute Gasteiger partial charge is 0.388 e. The van der Waals surface area contributed by atoms with Crippen molar-refractivity contribution in [3.05, 3.63) is 35.4 Å². The van der Waals surface area contributed by atoms with Crippen molar-refractivity contribution in [2.45, 2.75) is 19.9 Å². The van der Waals surface area contributed by atoms with Crippen LogP contribution in [0.15, 0.2) is 24.3 Å². The van der Waals surface area contributed by atoms with Gasteiger partial charge in [-0.05, 0) is 19.5 Å². The molecule has 0 aliphatic heterocycles. The highest BCUT2D eigenvalue weighted by Gasteiger charge is 2.00. The Balaban J connectivity index is 2.40. The van der Waals surface area contributed by atoms with Crippen molar-refractivity contribution in [3.8, 4) is 0 Å². The zero-order valence-corrected chi connectivity index (χ0v) is 9.46. The standard InChI is InChI=1S/C12H19N3/c1-10-3-5-11(6-4-10)9-15(2)8-7-12(13)14/h3-6H,7-9H2,1-2H3,(H3,13,14). The van der Waals surface area contributed by atoms with Gasteiger partial charge in [-0.1, -0.05) is 29.8 Å². The Bertz CT molecular complexity index is 316. The normalized spacial score (nSPS) is 10.6. The number of benzene rings is 1. The summed E-state index contributed by atoms with van der Waals surface area (Å²) in [4.78, 5) is 2.17. The summed E-state index contributed by atoms with van der Waals surface area (Å²) in [6.45, 7) is 3.83. The predicted octanol–water partition coefficient (Wildman–Crippen LogP) is 1.75. The lowest BCUT2D eigenvalue weighted by atomic mass is 10.1. The fraction of sp³-hybridized carbons (Fsp3) is 0.417. The van der Waals surface area contributed by atoms with E-state index in [1.807, 2.05) is 7.05 Å². The van der Waals surface area contributed by atoms with E-state index in [4.69, 9.17) is 11.1 Å². The topological polar surface area (TPSA) is 53.1 Å². The molecule has 1 aromatic rings. The Kier molecular flexibility index (Phi) is 4.31. The van der Waals surface area contributed by atoms with E-state index in [-0.39, 0.29) is 5.84 Å². The molecule has 0 aliphatic carbocycles. The Morgan fingerprint density at radius 3 is 2.47 bits per heavy atom. The van der Waals surface area contributed by atoms with Gasteiger partial charge in [0.15, 0.2) is 0 Å². The summed E-state index contributed by atoms with van der Waals surface area (Å²) in [5.41, 5.74) is 7.89. The Morgan fingerprint density at radius 1 is 1.33 bits per heavy atom. The third-order valence-electron chi connectivity index (χ3n) is 2.34. The second kappa shape index (κ2) is 5.51. The lowest BCUT2D eigenvalue weighted by molar-refractivity contribution is 0.336. The average Bonchev–Trinajstić information content (AvgIpc) is 2.19. The summed E-state index contributed by atoms with van der Waals surface area (Å²) in [7, 11) is 2.04. The Labute approximate surface area is 91.4 Å². The van der Waals surface area contributed by atoms with Crippen molar-refractivity contribution >= 4 is 5.84 Å². The monoisotopic (exact) mass is 205 g/mol. The molecule has 0 saturated carbocycles. The number of hydrogen-bond acceptors (Lipinski definition) is 2. The van der Waals surface area contributed by atoms with Crippen LogP contribution < -0.4 is 5.73 Å². The van der Waals surface area contributed by atoms with Gasteiger partial charge in [-0.2, -0.15) is 0 Å². The van der Waals surface area contributed by atoms with Crippen molar-refractivity contribution in [1.29, 1.82) is 5.41 Å². The van der Waals surface area contributed by atoms with Gasteiger partial charge >= 0.3 is 0 Å². The quantitative estimate of drug-likeness (QED) is 0.568. The van der Waals surface area contributed by atoms with Crippen LogP contribution in [0, 0.1) is 12.3 Å². The van der Waals surface area contributed by atoms with Crippen molar-refractivity contribution in [3.63, 3.8) is 0 Å². The molecule has 3 N–H and O–H groups in total. The molecule has 0 saturated heterocycles. The maximum Gasteiger partial charge on any atom is 0.0918 e. The van der Waals surface area contributed by atoms with Gasteiger partial charge in [0, 0.05) is 19.5 Å². The molecule has 0 bridgehead atoms. The number of nitrogens with zero attached hydrogens (tertiary/aromatic N) is 1. The van der Waals surface area contributed by atoms with E-state index in [0.717, 1.165) is 13.1 Å². The summed E-state index contributed by atoms with van der Waals surface area (Å²) < 4.78 is 0. The fourth-order valence-corrected chi connectivity index (χ4v) is 1.40. The lowest BCUT2D eigenvalue weighted by Crippen LogP contribution is -2.23. The van der Waals surface area contributed by atoms with Gasteiger partial charge < -0.3 is 10.6 Å². The number of aryl methyl sites for hydroxylation is 1. The number of rotatable bonds is 5. The van der Waals surface area contributed by atoms with E-state index < -0.39 is 0 Å². The van der Waals surface area contributed by atoms with Crippen LogP contribution in [0.5, 0.6) is 0 Å². The van der Waals surface area contributed by atoms with E-state index in [0.29, 0.717) is 6.42 Å². The molecular weight excluding hydrogens is 186 g/mol. The van der Waals surface area contributed by atoms with Crippen LogP contribution in [-0.2, 0) is 6.54 Å². The smallest absolute Gasteiger partial charge is 0.0918 e. The van der Waals surface area contributed by atoms with Crippen LogP contribution in [0.25, 0.3) is 0 Å². The second-order valence-corrected chi connectivity index (χ2v) is 4.00. The van der Waals surface area contributed by atoms with E-state index in [1.165, 1.54) is 11.1 Å². The third kappa shape index (κ3) is 4.61. The SMILES string of the molecule is Cc1ccc(CN(C)CCC(=N)N)cc1. The maximum absolute atomic E-state index is 7.15. The fourth-order valence-electron chi connectivity index (χ4n) is 1.40. The lowest BCUT2D eigenvalue weighted by Gasteiger charge is -2.16. The first-order chi connectivity index (χ1) is 7.08. The Morgan fingerprint density at radius 2 is 1.93 bits per heavy atom. The molecule has 3 nitrogen and oxygen atoms in total. The molecule has 0 fully saturated rings. The van der Waals surface area contributed by atoms with Crippen molar-refractivity contribution in [2.75, 3.05) is 13.6 Å². The van der Waals surface area contributed by atoms with Crippen LogP contribution in [0.3, 0.4) is 0 Å². The minimum Gasteiger partial charge on any atom is -0.388 e. The van der Waals surface area contributed by atoms with Gasteiger partial charge in [0.2, 0.25) is 0 Å². The minimum absolute atomic E-state index is 0.255. The summed E-state index contributed by atoms with van der Waals surface area (Å²) >= 11 is 0. The van der Waals surface area contributed by atoms with Gasteiger partial charge in [-0.3, -0.25) is 5.41 Å². The first-order valence-electron chi connectivity index (χ1n) is 5.15. The number of amidine groups is 1. The molecule has 3 heteroatoms. The summed E-state index contributed by atoms with van der Waals surface area (Å²) in [6, 6.07) is 8.52. The molecule has 1 aromatic carbocycles. The molecule has 0 aliphatic rings. The van der Waals surface area contributed by atoms with E-state index in [9.17, 15) is 0 Å². The van der Waals surface area contributed by atoms with Crippen LogP contribution in [-0.4, -0.2) is 24.3 Å². The molecule has 0 unspecified atom stereocenters. The molecule has 0 aromatic heterocycles. The molecule has 0 spiro atoms. The molecule has 1 rings (SSSR count). The molecule has 15 heavy (non-hydrogen) atoms. The second-order valence-electron chi connectivity index (χ2n) is 4.00. The van der Waals surface area contributed by atoms with Crippen LogP contribution in [0.1, 0.15) is 17.5 Å². The van der Waals surface area contributed by atoms with Crippen LogP contribution in [0.4, 0.5) is 0 Å². The molecule has 0 heterocycles. The zero-order chi connectivity index (χ0) is 11.3. The predicted molar refractivity (Wildman–Crippen MR) is 64.0 cm³/mol. The van der Waals surface area contributed by atoms with Crippen molar-refractivity contribution in [2.24, 2.45) is 5.73 Å². The van der Waals surface area contributed by atoms with Gasteiger partial charge in [0.1, 0.15) is 0 Å². The third-order valence-corrected chi connectivity index (χ3v) is 2.34. The van der Waals surface area contributed by atoms with Gasteiger partial charge in [-0.25, -0.2) is 0 Å². The molecule has 0 radical (unpaired) electrons. The van der Waals surface area contributed by atoms with E-state index in [2.05, 4.69) is 36.1 Å². The Hall–Kier alpha value is -1.35. The zero-order valence-electron chi connectivity index (χ0n) is 9.46. The molecule has 0 atom stereocenters. The van der Waals surface area contributed by atoms with Crippen molar-refractivity contribution < 1.29 is 0 Å². The van der Waals surface area contributed by atoms with Crippen LogP contribution >= 0.6 is 0 Å². The van der Waals surface area contributed by atoms with E-state index >= 15 is 0 Å². The molecule has 82 valence electrons. The summed E-state index contributed by atoms with van der Waals surface area (Å²) in [6.07, 6.45) is 0.641. The highest BCUT2D eigenvalue weighted by molar-refractivity contribution is 5.76. The van der Waals surface area contributed by atoms with E-state index in [1.54, 1.807) is 0 Å².